The fourth-order valence-electron chi connectivity index (χ4n) is 1.15. The van der Waals surface area contributed by atoms with E-state index in [4.69, 9.17) is 4.78 Å². The molecule has 11 heavy (non-hydrogen) atoms. The van der Waals surface area contributed by atoms with Crippen molar-refractivity contribution in [1.29, 1.82) is 4.78 Å². The zero-order chi connectivity index (χ0) is 8.32. The van der Waals surface area contributed by atoms with Crippen molar-refractivity contribution in [3.05, 3.63) is 0 Å². The number of nitrogens with zero attached hydrogens (tertiary/aromatic N) is 1. The van der Waals surface area contributed by atoms with Crippen LogP contribution in [-0.4, -0.2) is 47.4 Å². The molecule has 5 heteroatoms. The largest absolute Gasteiger partial charge is 0.307 e. The van der Waals surface area contributed by atoms with E-state index in [2.05, 4.69) is 10.2 Å². The molecule has 0 unspecified atom stereocenters. The maximum Gasteiger partial charge on any atom is 0.0478 e. The van der Waals surface area contributed by atoms with E-state index in [-0.39, 0.29) is 0 Å². The predicted octanol–water partition coefficient (Wildman–Crippen LogP) is -0.474. The quantitative estimate of drug-likeness (QED) is 0.599. The molecule has 0 atom stereocenters. The van der Waals surface area contributed by atoms with E-state index in [0.717, 1.165) is 19.8 Å². The zero-order valence-electron chi connectivity index (χ0n) is 6.80. The molecule has 0 radical (unpaired) electrons. The molecule has 1 heterocycles. The van der Waals surface area contributed by atoms with E-state index in [9.17, 15) is 4.21 Å². The first-order chi connectivity index (χ1) is 5.14. The topological polar surface area (TPSA) is 56.2 Å². The SMILES string of the molecule is CNCN1CCS(=N)(=O)CC1. The lowest BCUT2D eigenvalue weighted by molar-refractivity contribution is 0.283. The molecule has 1 saturated heterocycles. The van der Waals surface area contributed by atoms with Crippen molar-refractivity contribution in [3.63, 3.8) is 0 Å². The van der Waals surface area contributed by atoms with Crippen LogP contribution >= 0.6 is 0 Å². The molecule has 0 saturated carbocycles. The van der Waals surface area contributed by atoms with Crippen LogP contribution in [0.5, 0.6) is 0 Å². The molecular formula is C6H15N3OS. The summed E-state index contributed by atoms with van der Waals surface area (Å²) >= 11 is 0. The summed E-state index contributed by atoms with van der Waals surface area (Å²) in [4.78, 5) is 2.18. The third-order valence-corrected chi connectivity index (χ3v) is 3.54. The van der Waals surface area contributed by atoms with Gasteiger partial charge in [-0.2, -0.15) is 0 Å². The Morgan fingerprint density at radius 2 is 2.09 bits per heavy atom. The van der Waals surface area contributed by atoms with Crippen LogP contribution in [-0.2, 0) is 9.73 Å². The minimum Gasteiger partial charge on any atom is -0.307 e. The van der Waals surface area contributed by atoms with Gasteiger partial charge in [-0.3, -0.25) is 9.68 Å². The van der Waals surface area contributed by atoms with Gasteiger partial charge in [0.05, 0.1) is 0 Å². The Labute approximate surface area is 67.9 Å². The smallest absolute Gasteiger partial charge is 0.0478 e. The normalized spacial score (nSPS) is 25.2. The van der Waals surface area contributed by atoms with E-state index in [1.807, 2.05) is 7.05 Å². The Morgan fingerprint density at radius 3 is 2.55 bits per heavy atom. The van der Waals surface area contributed by atoms with Crippen molar-refractivity contribution in [3.8, 4) is 0 Å². The van der Waals surface area contributed by atoms with E-state index >= 15 is 0 Å². The molecule has 66 valence electrons. The molecule has 1 aliphatic heterocycles. The number of rotatable bonds is 2. The molecule has 0 aromatic heterocycles. The molecule has 0 amide bonds. The predicted molar refractivity (Wildman–Crippen MR) is 46.1 cm³/mol. The van der Waals surface area contributed by atoms with Gasteiger partial charge in [0.1, 0.15) is 0 Å². The van der Waals surface area contributed by atoms with E-state index in [1.165, 1.54) is 0 Å². The van der Waals surface area contributed by atoms with Crippen molar-refractivity contribution in [2.75, 3.05) is 38.3 Å². The van der Waals surface area contributed by atoms with E-state index in [0.29, 0.717) is 11.5 Å². The monoisotopic (exact) mass is 177 g/mol. The van der Waals surface area contributed by atoms with Crippen LogP contribution in [0.3, 0.4) is 0 Å². The van der Waals surface area contributed by atoms with Crippen molar-refractivity contribution in [1.82, 2.24) is 10.2 Å². The van der Waals surface area contributed by atoms with Crippen molar-refractivity contribution < 1.29 is 4.21 Å². The number of hydrogen-bond donors (Lipinski definition) is 2. The molecule has 2 N–H and O–H groups in total. The summed E-state index contributed by atoms with van der Waals surface area (Å²) in [7, 11) is -0.308. The van der Waals surface area contributed by atoms with Crippen LogP contribution in [0.25, 0.3) is 0 Å². The van der Waals surface area contributed by atoms with E-state index in [1.54, 1.807) is 0 Å². The Balaban J connectivity index is 2.36. The lowest BCUT2D eigenvalue weighted by Crippen LogP contribution is -2.43. The summed E-state index contributed by atoms with van der Waals surface area (Å²) in [5.41, 5.74) is 0. The van der Waals surface area contributed by atoms with E-state index < -0.39 is 9.73 Å². The van der Waals surface area contributed by atoms with Crippen LogP contribution in [0.4, 0.5) is 0 Å². The van der Waals surface area contributed by atoms with Gasteiger partial charge in [-0.25, -0.2) is 4.21 Å². The Hall–Kier alpha value is -0.130. The third-order valence-electron chi connectivity index (χ3n) is 1.86. The number of hydrogen-bond acceptors (Lipinski definition) is 4. The first-order valence-electron chi connectivity index (χ1n) is 3.75. The Bertz CT molecular complexity index is 198. The highest BCUT2D eigenvalue weighted by Gasteiger charge is 2.17. The van der Waals surface area contributed by atoms with Gasteiger partial charge in [0.2, 0.25) is 0 Å². The molecule has 0 spiro atoms. The molecule has 0 aromatic carbocycles. The first kappa shape index (κ1) is 8.96. The standard InChI is InChI=1S/C6H15N3OS/c1-8-6-9-2-4-11(7,10)5-3-9/h7-8H,2-6H2,1H3. The van der Waals surface area contributed by atoms with Crippen molar-refractivity contribution >= 4 is 9.73 Å². The molecule has 0 aliphatic carbocycles. The van der Waals surface area contributed by atoms with Gasteiger partial charge in [-0.1, -0.05) is 0 Å². The van der Waals surface area contributed by atoms with Crippen LogP contribution in [0.15, 0.2) is 0 Å². The summed E-state index contributed by atoms with van der Waals surface area (Å²) in [5.74, 6) is 1.07. The molecule has 4 nitrogen and oxygen atoms in total. The van der Waals surface area contributed by atoms with Crippen molar-refractivity contribution in [2.45, 2.75) is 0 Å². The highest BCUT2D eigenvalue weighted by molar-refractivity contribution is 7.92. The minimum absolute atomic E-state index is 0.536. The van der Waals surface area contributed by atoms with Gasteiger partial charge in [0, 0.05) is 41.0 Å². The van der Waals surface area contributed by atoms with Gasteiger partial charge >= 0.3 is 0 Å². The second-order valence-electron chi connectivity index (χ2n) is 2.85. The fraction of sp³-hybridized carbons (Fsp3) is 1.00. The zero-order valence-corrected chi connectivity index (χ0v) is 7.62. The van der Waals surface area contributed by atoms with Crippen LogP contribution in [0.2, 0.25) is 0 Å². The van der Waals surface area contributed by atoms with Crippen molar-refractivity contribution in [2.24, 2.45) is 0 Å². The van der Waals surface area contributed by atoms with Gasteiger partial charge < -0.3 is 5.32 Å². The van der Waals surface area contributed by atoms with Crippen LogP contribution < -0.4 is 5.32 Å². The highest BCUT2D eigenvalue weighted by Crippen LogP contribution is 2.02. The molecule has 1 aliphatic rings. The average Bonchev–Trinajstić information content (AvgIpc) is 1.94. The number of nitrogens with one attached hydrogen (secondary N) is 2. The van der Waals surface area contributed by atoms with Crippen LogP contribution in [0.1, 0.15) is 0 Å². The maximum atomic E-state index is 11.2. The lowest BCUT2D eigenvalue weighted by atomic mass is 10.5. The van der Waals surface area contributed by atoms with Gasteiger partial charge in [0.15, 0.2) is 0 Å². The summed E-state index contributed by atoms with van der Waals surface area (Å²) in [6, 6.07) is 0. The molecule has 0 bridgehead atoms. The fourth-order valence-corrected chi connectivity index (χ4v) is 2.46. The van der Waals surface area contributed by atoms with Gasteiger partial charge in [0.25, 0.3) is 0 Å². The summed E-state index contributed by atoms with van der Waals surface area (Å²) < 4.78 is 18.5. The van der Waals surface area contributed by atoms with Crippen LogP contribution in [0, 0.1) is 4.78 Å². The van der Waals surface area contributed by atoms with Gasteiger partial charge in [-0.15, -0.1) is 0 Å². The Kier molecular flexibility index (Phi) is 2.86. The second-order valence-corrected chi connectivity index (χ2v) is 5.29. The highest BCUT2D eigenvalue weighted by atomic mass is 32.2. The molecule has 1 rings (SSSR count). The first-order valence-corrected chi connectivity index (χ1v) is 5.65. The Morgan fingerprint density at radius 1 is 1.55 bits per heavy atom. The molecule has 1 fully saturated rings. The second kappa shape index (κ2) is 3.51. The summed E-state index contributed by atoms with van der Waals surface area (Å²) in [5, 5.41) is 3.04. The molecular weight excluding hydrogens is 162 g/mol. The maximum absolute atomic E-state index is 11.2. The summed E-state index contributed by atoms with van der Waals surface area (Å²) in [6.07, 6.45) is 0. The minimum atomic E-state index is -2.20. The summed E-state index contributed by atoms with van der Waals surface area (Å²) in [6.45, 7) is 2.43. The third kappa shape index (κ3) is 2.76. The lowest BCUT2D eigenvalue weighted by Gasteiger charge is -2.27. The molecule has 0 aromatic rings. The van der Waals surface area contributed by atoms with Gasteiger partial charge in [-0.05, 0) is 7.05 Å². The average molecular weight is 177 g/mol.